The monoisotopic (exact) mass is 272 g/mol. The summed E-state index contributed by atoms with van der Waals surface area (Å²) in [7, 11) is 0. The molecule has 3 rings (SSSR count). The van der Waals surface area contributed by atoms with Crippen LogP contribution in [0.4, 0.5) is 5.69 Å². The molecule has 1 aliphatic carbocycles. The van der Waals surface area contributed by atoms with Gasteiger partial charge in [0.05, 0.1) is 0 Å². The van der Waals surface area contributed by atoms with Crippen molar-refractivity contribution in [1.29, 1.82) is 0 Å². The maximum Gasteiger partial charge on any atom is 0.0437 e. The number of aryl methyl sites for hydroxylation is 1. The highest BCUT2D eigenvalue weighted by Gasteiger charge is 2.28. The largest absolute Gasteiger partial charge is 0.367 e. The van der Waals surface area contributed by atoms with E-state index < -0.39 is 0 Å². The van der Waals surface area contributed by atoms with E-state index in [1.807, 2.05) is 0 Å². The Morgan fingerprint density at radius 3 is 2.75 bits per heavy atom. The average Bonchev–Trinajstić information content (AvgIpc) is 3.26. The smallest absolute Gasteiger partial charge is 0.0437 e. The molecule has 1 fully saturated rings. The first-order chi connectivity index (χ1) is 9.75. The van der Waals surface area contributed by atoms with Gasteiger partial charge in [0.25, 0.3) is 0 Å². The molecule has 2 aliphatic rings. The van der Waals surface area contributed by atoms with Crippen LogP contribution in [0.25, 0.3) is 0 Å². The lowest BCUT2D eigenvalue weighted by Gasteiger charge is -2.37. The van der Waals surface area contributed by atoms with Gasteiger partial charge in [-0.1, -0.05) is 32.0 Å². The number of anilines is 1. The van der Waals surface area contributed by atoms with Crippen LogP contribution in [0.15, 0.2) is 24.3 Å². The zero-order valence-corrected chi connectivity index (χ0v) is 12.9. The maximum atomic E-state index is 3.74. The van der Waals surface area contributed by atoms with Crippen LogP contribution in [0, 0.1) is 5.92 Å². The van der Waals surface area contributed by atoms with E-state index in [9.17, 15) is 0 Å². The number of nitrogens with zero attached hydrogens (tertiary/aromatic N) is 1. The first-order valence-electron chi connectivity index (χ1n) is 8.33. The molecule has 1 aliphatic heterocycles. The van der Waals surface area contributed by atoms with Crippen molar-refractivity contribution in [3.05, 3.63) is 29.8 Å². The molecule has 1 saturated carbocycles. The van der Waals surface area contributed by atoms with E-state index >= 15 is 0 Å². The molecule has 1 atom stereocenters. The molecule has 0 aromatic heterocycles. The Bertz CT molecular complexity index is 437. The molecule has 2 heteroatoms. The van der Waals surface area contributed by atoms with Crippen LogP contribution in [0.5, 0.6) is 0 Å². The van der Waals surface area contributed by atoms with Gasteiger partial charge in [-0.2, -0.15) is 0 Å². The number of fused-ring (bicyclic) bond motifs is 1. The predicted molar refractivity (Wildman–Crippen MR) is 86.4 cm³/mol. The summed E-state index contributed by atoms with van der Waals surface area (Å²) < 4.78 is 0. The van der Waals surface area contributed by atoms with Gasteiger partial charge in [0.1, 0.15) is 0 Å². The summed E-state index contributed by atoms with van der Waals surface area (Å²) in [6, 6.07) is 10.5. The zero-order valence-electron chi connectivity index (χ0n) is 12.9. The van der Waals surface area contributed by atoms with E-state index in [0.29, 0.717) is 12.0 Å². The molecule has 0 bridgehead atoms. The van der Waals surface area contributed by atoms with Crippen molar-refractivity contribution in [1.82, 2.24) is 5.32 Å². The number of hydrogen-bond donors (Lipinski definition) is 1. The summed E-state index contributed by atoms with van der Waals surface area (Å²) in [5.41, 5.74) is 3.03. The van der Waals surface area contributed by atoms with Gasteiger partial charge in [0, 0.05) is 30.9 Å². The third-order valence-electron chi connectivity index (χ3n) is 4.76. The minimum atomic E-state index is 0.620. The summed E-state index contributed by atoms with van der Waals surface area (Å²) in [5.74, 6) is 0.687. The SMILES string of the molecule is CC(C)C(CNC1CC1)N1CCCCc2ccccc21. The summed E-state index contributed by atoms with van der Waals surface area (Å²) >= 11 is 0. The second-order valence-corrected chi connectivity index (χ2v) is 6.77. The van der Waals surface area contributed by atoms with Crippen LogP contribution >= 0.6 is 0 Å². The zero-order chi connectivity index (χ0) is 13.9. The lowest BCUT2D eigenvalue weighted by atomic mass is 10.00. The second-order valence-electron chi connectivity index (χ2n) is 6.77. The topological polar surface area (TPSA) is 15.3 Å². The third kappa shape index (κ3) is 3.17. The van der Waals surface area contributed by atoms with Gasteiger partial charge in [-0.25, -0.2) is 0 Å². The van der Waals surface area contributed by atoms with Gasteiger partial charge in [-0.15, -0.1) is 0 Å². The normalized spacial score (nSPS) is 20.6. The molecule has 110 valence electrons. The van der Waals surface area contributed by atoms with Crippen molar-refractivity contribution in [3.8, 4) is 0 Å². The van der Waals surface area contributed by atoms with E-state index in [-0.39, 0.29) is 0 Å². The Labute approximate surface area is 123 Å². The Morgan fingerprint density at radius 2 is 2.00 bits per heavy atom. The van der Waals surface area contributed by atoms with Crippen LogP contribution < -0.4 is 10.2 Å². The Hall–Kier alpha value is -1.02. The van der Waals surface area contributed by atoms with Crippen molar-refractivity contribution in [3.63, 3.8) is 0 Å². The summed E-state index contributed by atoms with van der Waals surface area (Å²) in [5, 5.41) is 3.74. The Morgan fingerprint density at radius 1 is 1.20 bits per heavy atom. The van der Waals surface area contributed by atoms with Crippen LogP contribution in [0.3, 0.4) is 0 Å². The highest BCUT2D eigenvalue weighted by atomic mass is 15.2. The Balaban J connectivity index is 1.80. The third-order valence-corrected chi connectivity index (χ3v) is 4.76. The lowest BCUT2D eigenvalue weighted by Crippen LogP contribution is -2.46. The Kier molecular flexibility index (Phi) is 4.30. The molecular weight excluding hydrogens is 244 g/mol. The molecule has 1 aromatic rings. The van der Waals surface area contributed by atoms with Gasteiger partial charge in [-0.3, -0.25) is 0 Å². The molecule has 1 aromatic carbocycles. The van der Waals surface area contributed by atoms with Crippen molar-refractivity contribution in [2.24, 2.45) is 5.92 Å². The summed E-state index contributed by atoms with van der Waals surface area (Å²) in [6.45, 7) is 7.09. The van der Waals surface area contributed by atoms with Crippen LogP contribution in [-0.4, -0.2) is 25.2 Å². The second kappa shape index (κ2) is 6.17. The molecule has 1 heterocycles. The number of rotatable bonds is 5. The number of hydrogen-bond acceptors (Lipinski definition) is 2. The molecule has 1 unspecified atom stereocenters. The first kappa shape index (κ1) is 13.9. The minimum Gasteiger partial charge on any atom is -0.367 e. The lowest BCUT2D eigenvalue weighted by molar-refractivity contribution is 0.423. The molecule has 0 radical (unpaired) electrons. The number of benzene rings is 1. The molecule has 0 saturated heterocycles. The van der Waals surface area contributed by atoms with Gasteiger partial charge >= 0.3 is 0 Å². The molecule has 0 amide bonds. The molecule has 1 N–H and O–H groups in total. The predicted octanol–water partition coefficient (Wildman–Crippen LogP) is 3.61. The summed E-state index contributed by atoms with van der Waals surface area (Å²) in [6.07, 6.45) is 6.64. The van der Waals surface area contributed by atoms with Gasteiger partial charge in [-0.05, 0) is 49.7 Å². The van der Waals surface area contributed by atoms with E-state index in [1.54, 1.807) is 5.56 Å². The highest BCUT2D eigenvalue weighted by Crippen LogP contribution is 2.30. The van der Waals surface area contributed by atoms with E-state index in [2.05, 4.69) is 48.3 Å². The van der Waals surface area contributed by atoms with Gasteiger partial charge in [0.2, 0.25) is 0 Å². The molecule has 0 spiro atoms. The van der Waals surface area contributed by atoms with Crippen molar-refractivity contribution in [2.45, 2.75) is 58.0 Å². The fraction of sp³-hybridized carbons (Fsp3) is 0.667. The molecular formula is C18H28N2. The average molecular weight is 272 g/mol. The fourth-order valence-electron chi connectivity index (χ4n) is 3.35. The van der Waals surface area contributed by atoms with E-state index in [4.69, 9.17) is 0 Å². The highest BCUT2D eigenvalue weighted by molar-refractivity contribution is 5.55. The quantitative estimate of drug-likeness (QED) is 0.881. The molecule has 20 heavy (non-hydrogen) atoms. The first-order valence-corrected chi connectivity index (χ1v) is 8.33. The standard InChI is InChI=1S/C18H28N2/c1-14(2)18(13-19-16-10-11-16)20-12-6-5-8-15-7-3-4-9-17(15)20/h3-4,7,9,14,16,18-19H,5-6,8,10-13H2,1-2H3. The van der Waals surface area contributed by atoms with Gasteiger partial charge < -0.3 is 10.2 Å². The minimum absolute atomic E-state index is 0.620. The van der Waals surface area contributed by atoms with Crippen LogP contribution in [0.2, 0.25) is 0 Å². The van der Waals surface area contributed by atoms with Gasteiger partial charge in [0.15, 0.2) is 0 Å². The van der Waals surface area contributed by atoms with Crippen molar-refractivity contribution in [2.75, 3.05) is 18.0 Å². The fourth-order valence-corrected chi connectivity index (χ4v) is 3.35. The molecule has 2 nitrogen and oxygen atoms in total. The van der Waals surface area contributed by atoms with Crippen LogP contribution in [0.1, 0.15) is 45.1 Å². The summed E-state index contributed by atoms with van der Waals surface area (Å²) in [4.78, 5) is 2.68. The van der Waals surface area contributed by atoms with Crippen LogP contribution in [-0.2, 0) is 6.42 Å². The van der Waals surface area contributed by atoms with E-state index in [0.717, 1.165) is 12.6 Å². The van der Waals surface area contributed by atoms with Crippen molar-refractivity contribution < 1.29 is 0 Å². The van der Waals surface area contributed by atoms with Crippen molar-refractivity contribution >= 4 is 5.69 Å². The number of nitrogens with one attached hydrogen (secondary N) is 1. The van der Waals surface area contributed by atoms with E-state index in [1.165, 1.54) is 44.3 Å². The number of para-hydroxylation sites is 1. The maximum absolute atomic E-state index is 3.74.